The molecule has 1 N–H and O–H groups in total. The fraction of sp³-hybridized carbons (Fsp3) is 0.409. The van der Waals surface area contributed by atoms with Crippen molar-refractivity contribution in [3.8, 4) is 0 Å². The van der Waals surface area contributed by atoms with Crippen LogP contribution in [0.5, 0.6) is 0 Å². The van der Waals surface area contributed by atoms with Gasteiger partial charge in [-0.2, -0.15) is 0 Å². The topological polar surface area (TPSA) is 34.0 Å². The number of hydrogen-bond acceptors (Lipinski definition) is 1. The number of para-hydroxylation sites is 1. The van der Waals surface area contributed by atoms with E-state index in [2.05, 4.69) is 74.8 Å². The van der Waals surface area contributed by atoms with E-state index in [1.165, 1.54) is 21.8 Å². The number of rotatable bonds is 5. The molecular formula is C22H28N2O. The number of carbonyl (C=O) groups is 1. The molecule has 1 aromatic heterocycles. The third-order valence-electron chi connectivity index (χ3n) is 4.98. The van der Waals surface area contributed by atoms with E-state index in [-0.39, 0.29) is 5.91 Å². The molecule has 132 valence electrons. The summed E-state index contributed by atoms with van der Waals surface area (Å²) in [6.07, 6.45) is 2.55. The molecule has 0 unspecified atom stereocenters. The molecule has 0 saturated carbocycles. The number of carbonyl (C=O) groups excluding carboxylic acids is 1. The van der Waals surface area contributed by atoms with Gasteiger partial charge in [-0.25, -0.2) is 0 Å². The average Bonchev–Trinajstić information content (AvgIpc) is 2.90. The van der Waals surface area contributed by atoms with Crippen LogP contribution < -0.4 is 5.32 Å². The summed E-state index contributed by atoms with van der Waals surface area (Å²) < 4.78 is 2.40. The summed E-state index contributed by atoms with van der Waals surface area (Å²) >= 11 is 0. The molecule has 0 atom stereocenters. The summed E-state index contributed by atoms with van der Waals surface area (Å²) in [5.41, 5.74) is 5.76. The SMILES string of the molecule is CCCCC(=O)Nc1c(C)cc2c(c1C)c1ccccc1n2C(C)C. The van der Waals surface area contributed by atoms with Crippen LogP contribution in [0.25, 0.3) is 21.8 Å². The number of nitrogens with one attached hydrogen (secondary N) is 1. The molecule has 3 heteroatoms. The van der Waals surface area contributed by atoms with Gasteiger partial charge in [0.1, 0.15) is 0 Å². The van der Waals surface area contributed by atoms with E-state index >= 15 is 0 Å². The van der Waals surface area contributed by atoms with Crippen molar-refractivity contribution in [3.05, 3.63) is 41.5 Å². The van der Waals surface area contributed by atoms with Crippen LogP contribution in [0.1, 0.15) is 57.2 Å². The molecule has 0 fully saturated rings. The standard InChI is InChI=1S/C22H28N2O/c1-6-7-12-20(25)23-22-15(4)13-19-21(16(22)5)17-10-8-9-11-18(17)24(19)14(2)3/h8-11,13-14H,6-7,12H2,1-5H3,(H,23,25). The van der Waals surface area contributed by atoms with Gasteiger partial charge in [0.25, 0.3) is 0 Å². The first-order valence-corrected chi connectivity index (χ1v) is 9.28. The van der Waals surface area contributed by atoms with Gasteiger partial charge in [0, 0.05) is 34.4 Å². The second-order valence-corrected chi connectivity index (χ2v) is 7.22. The molecule has 0 aliphatic heterocycles. The van der Waals surface area contributed by atoms with Gasteiger partial charge in [-0.15, -0.1) is 0 Å². The minimum atomic E-state index is 0.111. The number of benzene rings is 2. The fourth-order valence-electron chi connectivity index (χ4n) is 3.81. The number of unbranched alkanes of at least 4 members (excludes halogenated alkanes) is 1. The Morgan fingerprint density at radius 3 is 2.56 bits per heavy atom. The van der Waals surface area contributed by atoms with Crippen molar-refractivity contribution in [1.29, 1.82) is 0 Å². The molecule has 3 aromatic rings. The Labute approximate surface area is 150 Å². The molecule has 3 rings (SSSR count). The molecule has 1 amide bonds. The normalized spacial score (nSPS) is 11.6. The Balaban J connectivity index is 2.23. The van der Waals surface area contributed by atoms with E-state index in [0.717, 1.165) is 29.7 Å². The first kappa shape index (κ1) is 17.5. The minimum absolute atomic E-state index is 0.111. The number of anilines is 1. The van der Waals surface area contributed by atoms with E-state index in [4.69, 9.17) is 0 Å². The van der Waals surface area contributed by atoms with Crippen molar-refractivity contribution < 1.29 is 4.79 Å². The number of nitrogens with zero attached hydrogens (tertiary/aromatic N) is 1. The van der Waals surface area contributed by atoms with Crippen LogP contribution in [0.3, 0.4) is 0 Å². The van der Waals surface area contributed by atoms with Crippen LogP contribution in [0.2, 0.25) is 0 Å². The third kappa shape index (κ3) is 3.04. The summed E-state index contributed by atoms with van der Waals surface area (Å²) in [4.78, 5) is 12.3. The lowest BCUT2D eigenvalue weighted by molar-refractivity contribution is -0.116. The molecule has 3 nitrogen and oxygen atoms in total. The molecule has 0 aliphatic rings. The van der Waals surface area contributed by atoms with Gasteiger partial charge in [0.05, 0.1) is 5.52 Å². The number of aryl methyl sites for hydroxylation is 2. The molecular weight excluding hydrogens is 308 g/mol. The molecule has 0 spiro atoms. The highest BCUT2D eigenvalue weighted by atomic mass is 16.1. The summed E-state index contributed by atoms with van der Waals surface area (Å²) in [6, 6.07) is 11.1. The van der Waals surface area contributed by atoms with E-state index in [1.54, 1.807) is 0 Å². The van der Waals surface area contributed by atoms with Crippen LogP contribution in [-0.2, 0) is 4.79 Å². The van der Waals surface area contributed by atoms with Crippen molar-refractivity contribution >= 4 is 33.4 Å². The predicted molar refractivity (Wildman–Crippen MR) is 107 cm³/mol. The Morgan fingerprint density at radius 2 is 1.88 bits per heavy atom. The number of fused-ring (bicyclic) bond motifs is 3. The van der Waals surface area contributed by atoms with Crippen LogP contribution in [0.15, 0.2) is 30.3 Å². The van der Waals surface area contributed by atoms with Gasteiger partial charge in [-0.05, 0) is 57.4 Å². The Hall–Kier alpha value is -2.29. The Bertz CT molecular complexity index is 934. The zero-order valence-corrected chi connectivity index (χ0v) is 15.9. The first-order chi connectivity index (χ1) is 12.0. The second-order valence-electron chi connectivity index (χ2n) is 7.22. The molecule has 0 radical (unpaired) electrons. The third-order valence-corrected chi connectivity index (χ3v) is 4.98. The predicted octanol–water partition coefficient (Wildman–Crippen LogP) is 6.12. The molecule has 1 heterocycles. The van der Waals surface area contributed by atoms with E-state index < -0.39 is 0 Å². The highest BCUT2D eigenvalue weighted by molar-refractivity contribution is 6.12. The van der Waals surface area contributed by atoms with Crippen molar-refractivity contribution in [2.45, 2.75) is 59.9 Å². The van der Waals surface area contributed by atoms with E-state index in [9.17, 15) is 4.79 Å². The van der Waals surface area contributed by atoms with Crippen LogP contribution in [-0.4, -0.2) is 10.5 Å². The van der Waals surface area contributed by atoms with Crippen molar-refractivity contribution in [1.82, 2.24) is 4.57 Å². The largest absolute Gasteiger partial charge is 0.338 e. The van der Waals surface area contributed by atoms with Crippen LogP contribution >= 0.6 is 0 Å². The molecule has 2 aromatic carbocycles. The van der Waals surface area contributed by atoms with Crippen LogP contribution in [0.4, 0.5) is 5.69 Å². The molecule has 0 bridgehead atoms. The van der Waals surface area contributed by atoms with Gasteiger partial charge in [0.2, 0.25) is 5.91 Å². The fourth-order valence-corrected chi connectivity index (χ4v) is 3.81. The summed E-state index contributed by atoms with van der Waals surface area (Å²) in [7, 11) is 0. The number of hydrogen-bond donors (Lipinski definition) is 1. The quantitative estimate of drug-likeness (QED) is 0.598. The highest BCUT2D eigenvalue weighted by Crippen LogP contribution is 2.38. The summed E-state index contributed by atoms with van der Waals surface area (Å²) in [5, 5.41) is 5.67. The smallest absolute Gasteiger partial charge is 0.224 e. The Kier molecular flexibility index (Phi) is 4.85. The Morgan fingerprint density at radius 1 is 1.16 bits per heavy atom. The van der Waals surface area contributed by atoms with Crippen molar-refractivity contribution in [2.75, 3.05) is 5.32 Å². The lowest BCUT2D eigenvalue weighted by atomic mass is 10.0. The molecule has 0 saturated heterocycles. The molecule has 25 heavy (non-hydrogen) atoms. The monoisotopic (exact) mass is 336 g/mol. The van der Waals surface area contributed by atoms with Crippen LogP contribution in [0, 0.1) is 13.8 Å². The zero-order chi connectivity index (χ0) is 18.1. The lowest BCUT2D eigenvalue weighted by Gasteiger charge is -2.16. The lowest BCUT2D eigenvalue weighted by Crippen LogP contribution is -2.13. The van der Waals surface area contributed by atoms with Gasteiger partial charge in [-0.3, -0.25) is 4.79 Å². The maximum absolute atomic E-state index is 12.3. The first-order valence-electron chi connectivity index (χ1n) is 9.28. The maximum atomic E-state index is 12.3. The van der Waals surface area contributed by atoms with Gasteiger partial charge in [0.15, 0.2) is 0 Å². The minimum Gasteiger partial charge on any atom is -0.338 e. The summed E-state index contributed by atoms with van der Waals surface area (Å²) in [6.45, 7) is 10.8. The second kappa shape index (κ2) is 6.91. The van der Waals surface area contributed by atoms with E-state index in [0.29, 0.717) is 12.5 Å². The highest BCUT2D eigenvalue weighted by Gasteiger charge is 2.18. The molecule has 0 aliphatic carbocycles. The average molecular weight is 336 g/mol. The number of aromatic nitrogens is 1. The maximum Gasteiger partial charge on any atom is 0.224 e. The van der Waals surface area contributed by atoms with Crippen molar-refractivity contribution in [2.24, 2.45) is 0 Å². The van der Waals surface area contributed by atoms with Gasteiger partial charge in [-0.1, -0.05) is 31.5 Å². The van der Waals surface area contributed by atoms with Crippen molar-refractivity contribution in [3.63, 3.8) is 0 Å². The van der Waals surface area contributed by atoms with Gasteiger partial charge < -0.3 is 9.88 Å². The van der Waals surface area contributed by atoms with E-state index in [1.807, 2.05) is 0 Å². The zero-order valence-electron chi connectivity index (χ0n) is 15.9. The summed E-state index contributed by atoms with van der Waals surface area (Å²) in [5.74, 6) is 0.111. The number of amides is 1. The van der Waals surface area contributed by atoms with Gasteiger partial charge >= 0.3 is 0 Å².